The Balaban J connectivity index is 2.10. The number of aliphatic hydroxyl groups is 2. The summed E-state index contributed by atoms with van der Waals surface area (Å²) in [6.07, 6.45) is 6.17. The SMILES string of the molecule is COc1cc(C(O)/C=C/C2=CC=C(O)C(OC)C2)ccc1O. The topological polar surface area (TPSA) is 79.2 Å². The van der Waals surface area contributed by atoms with E-state index in [9.17, 15) is 15.3 Å². The van der Waals surface area contributed by atoms with Gasteiger partial charge in [-0.3, -0.25) is 0 Å². The first kappa shape index (κ1) is 16.1. The third kappa shape index (κ3) is 3.69. The Morgan fingerprint density at radius 2 is 2.00 bits per heavy atom. The fourth-order valence-corrected chi connectivity index (χ4v) is 2.22. The highest BCUT2D eigenvalue weighted by Gasteiger charge is 2.17. The number of phenols is 1. The summed E-state index contributed by atoms with van der Waals surface area (Å²) in [5.41, 5.74) is 1.55. The molecule has 0 aliphatic heterocycles. The minimum Gasteiger partial charge on any atom is -0.510 e. The molecule has 2 rings (SSSR count). The molecule has 0 bridgehead atoms. The van der Waals surface area contributed by atoms with Gasteiger partial charge >= 0.3 is 0 Å². The Labute approximate surface area is 129 Å². The van der Waals surface area contributed by atoms with Gasteiger partial charge < -0.3 is 24.8 Å². The lowest BCUT2D eigenvalue weighted by atomic mass is 9.99. The molecule has 0 radical (unpaired) electrons. The van der Waals surface area contributed by atoms with Crippen LogP contribution in [-0.4, -0.2) is 35.6 Å². The van der Waals surface area contributed by atoms with Crippen LogP contribution in [-0.2, 0) is 4.74 Å². The largest absolute Gasteiger partial charge is 0.510 e. The summed E-state index contributed by atoms with van der Waals surface area (Å²) in [6, 6.07) is 4.70. The number of phenolic OH excluding ortho intramolecular Hbond substituents is 1. The molecular formula is C17H20O5. The smallest absolute Gasteiger partial charge is 0.160 e. The number of rotatable bonds is 5. The third-order valence-corrected chi connectivity index (χ3v) is 3.54. The van der Waals surface area contributed by atoms with E-state index in [2.05, 4.69) is 0 Å². The molecule has 2 unspecified atom stereocenters. The Bertz CT molecular complexity index is 615. The molecule has 0 aromatic heterocycles. The maximum absolute atomic E-state index is 10.2. The lowest BCUT2D eigenvalue weighted by molar-refractivity contribution is 0.0926. The van der Waals surface area contributed by atoms with Crippen molar-refractivity contribution in [2.75, 3.05) is 14.2 Å². The fraction of sp³-hybridized carbons (Fsp3) is 0.294. The molecular weight excluding hydrogens is 284 g/mol. The second-order valence-electron chi connectivity index (χ2n) is 5.00. The van der Waals surface area contributed by atoms with Gasteiger partial charge in [-0.1, -0.05) is 24.3 Å². The first-order valence-corrected chi connectivity index (χ1v) is 6.90. The number of ether oxygens (including phenoxy) is 2. The molecule has 5 nitrogen and oxygen atoms in total. The Kier molecular flexibility index (Phi) is 5.25. The van der Waals surface area contributed by atoms with Crippen LogP contribution in [0.15, 0.2) is 53.8 Å². The lowest BCUT2D eigenvalue weighted by Gasteiger charge is -2.18. The Hall–Kier alpha value is -2.24. The molecule has 3 N–H and O–H groups in total. The van der Waals surface area contributed by atoms with Crippen molar-refractivity contribution in [3.63, 3.8) is 0 Å². The van der Waals surface area contributed by atoms with Crippen molar-refractivity contribution < 1.29 is 24.8 Å². The van der Waals surface area contributed by atoms with Crippen LogP contribution in [0.25, 0.3) is 0 Å². The summed E-state index contributed by atoms with van der Waals surface area (Å²) in [5, 5.41) is 29.3. The molecule has 1 aliphatic rings. The molecule has 0 amide bonds. The van der Waals surface area contributed by atoms with Crippen molar-refractivity contribution in [3.8, 4) is 11.5 Å². The number of methoxy groups -OCH3 is 2. The molecule has 1 aromatic rings. The van der Waals surface area contributed by atoms with Crippen molar-refractivity contribution in [3.05, 3.63) is 59.4 Å². The standard InChI is InChI=1S/C17H20O5/c1-21-16-9-11(4-7-14(16)19)3-6-13(18)12-5-8-15(20)17(10-12)22-2/h3-8,10,13,16,18-20H,9H2,1-2H3/b6-3+. The van der Waals surface area contributed by atoms with E-state index < -0.39 is 6.10 Å². The van der Waals surface area contributed by atoms with Gasteiger partial charge in [0.2, 0.25) is 0 Å². The first-order valence-electron chi connectivity index (χ1n) is 6.90. The Morgan fingerprint density at radius 3 is 2.68 bits per heavy atom. The van der Waals surface area contributed by atoms with E-state index in [0.717, 1.165) is 5.57 Å². The summed E-state index contributed by atoms with van der Waals surface area (Å²) in [6.45, 7) is 0. The van der Waals surface area contributed by atoms with Crippen LogP contribution in [0.1, 0.15) is 18.1 Å². The van der Waals surface area contributed by atoms with Gasteiger partial charge in [0.25, 0.3) is 0 Å². The fourth-order valence-electron chi connectivity index (χ4n) is 2.22. The van der Waals surface area contributed by atoms with E-state index in [1.54, 1.807) is 43.5 Å². The molecule has 0 saturated carbocycles. The average Bonchev–Trinajstić information content (AvgIpc) is 2.54. The Morgan fingerprint density at radius 1 is 1.23 bits per heavy atom. The van der Waals surface area contributed by atoms with Crippen LogP contribution in [0.2, 0.25) is 0 Å². The minimum absolute atomic E-state index is 0.0287. The van der Waals surface area contributed by atoms with Crippen LogP contribution >= 0.6 is 0 Å². The van der Waals surface area contributed by atoms with Crippen molar-refractivity contribution in [2.45, 2.75) is 18.6 Å². The van der Waals surface area contributed by atoms with Crippen molar-refractivity contribution >= 4 is 0 Å². The van der Waals surface area contributed by atoms with E-state index in [1.165, 1.54) is 13.2 Å². The molecule has 118 valence electrons. The van der Waals surface area contributed by atoms with Gasteiger partial charge in [-0.2, -0.15) is 0 Å². The quantitative estimate of drug-likeness (QED) is 0.779. The van der Waals surface area contributed by atoms with Gasteiger partial charge in [0.15, 0.2) is 11.5 Å². The van der Waals surface area contributed by atoms with Gasteiger partial charge in [0.1, 0.15) is 11.9 Å². The molecule has 2 atom stereocenters. The van der Waals surface area contributed by atoms with E-state index in [0.29, 0.717) is 17.7 Å². The highest BCUT2D eigenvalue weighted by Crippen LogP contribution is 2.29. The molecule has 0 saturated heterocycles. The van der Waals surface area contributed by atoms with E-state index in [4.69, 9.17) is 9.47 Å². The van der Waals surface area contributed by atoms with Crippen LogP contribution in [0, 0.1) is 0 Å². The lowest BCUT2D eigenvalue weighted by Crippen LogP contribution is -2.16. The zero-order chi connectivity index (χ0) is 16.1. The molecule has 22 heavy (non-hydrogen) atoms. The molecule has 0 fully saturated rings. The second-order valence-corrected chi connectivity index (χ2v) is 5.00. The third-order valence-electron chi connectivity index (χ3n) is 3.54. The minimum atomic E-state index is -0.823. The van der Waals surface area contributed by atoms with Crippen molar-refractivity contribution in [1.29, 1.82) is 0 Å². The molecule has 5 heteroatoms. The number of allylic oxidation sites excluding steroid dienone is 3. The summed E-state index contributed by atoms with van der Waals surface area (Å²) in [4.78, 5) is 0. The predicted molar refractivity (Wildman–Crippen MR) is 83.0 cm³/mol. The van der Waals surface area contributed by atoms with E-state index >= 15 is 0 Å². The maximum atomic E-state index is 10.2. The molecule has 1 aliphatic carbocycles. The summed E-state index contributed by atoms with van der Waals surface area (Å²) in [7, 11) is 3.00. The highest BCUT2D eigenvalue weighted by atomic mass is 16.5. The average molecular weight is 304 g/mol. The summed E-state index contributed by atoms with van der Waals surface area (Å²) in [5.74, 6) is 0.540. The zero-order valence-electron chi connectivity index (χ0n) is 12.6. The first-order chi connectivity index (χ1) is 10.5. The predicted octanol–water partition coefficient (Wildman–Crippen LogP) is 2.78. The zero-order valence-corrected chi connectivity index (χ0v) is 12.6. The van der Waals surface area contributed by atoms with Crippen molar-refractivity contribution in [1.82, 2.24) is 0 Å². The number of aromatic hydroxyl groups is 1. The number of benzene rings is 1. The van der Waals surface area contributed by atoms with E-state index in [1.807, 2.05) is 0 Å². The van der Waals surface area contributed by atoms with Gasteiger partial charge in [0, 0.05) is 13.5 Å². The maximum Gasteiger partial charge on any atom is 0.160 e. The normalized spacial score (nSPS) is 19.7. The molecule has 0 spiro atoms. The molecule has 0 heterocycles. The number of hydrogen-bond donors (Lipinski definition) is 3. The van der Waals surface area contributed by atoms with Gasteiger partial charge in [0.05, 0.1) is 13.2 Å². The van der Waals surface area contributed by atoms with Crippen LogP contribution in [0.3, 0.4) is 0 Å². The van der Waals surface area contributed by atoms with Gasteiger partial charge in [-0.15, -0.1) is 0 Å². The number of hydrogen-bond acceptors (Lipinski definition) is 5. The van der Waals surface area contributed by atoms with Crippen molar-refractivity contribution in [2.24, 2.45) is 0 Å². The highest BCUT2D eigenvalue weighted by molar-refractivity contribution is 5.43. The molecule has 1 aromatic carbocycles. The second kappa shape index (κ2) is 7.15. The monoisotopic (exact) mass is 304 g/mol. The van der Waals surface area contributed by atoms with Gasteiger partial charge in [-0.05, 0) is 29.3 Å². The summed E-state index contributed by atoms with van der Waals surface area (Å²) >= 11 is 0. The summed E-state index contributed by atoms with van der Waals surface area (Å²) < 4.78 is 10.2. The number of aliphatic hydroxyl groups excluding tert-OH is 2. The van der Waals surface area contributed by atoms with E-state index in [-0.39, 0.29) is 17.6 Å². The van der Waals surface area contributed by atoms with Crippen LogP contribution < -0.4 is 4.74 Å². The van der Waals surface area contributed by atoms with Crippen LogP contribution in [0.5, 0.6) is 11.5 Å². The van der Waals surface area contributed by atoms with Crippen LogP contribution in [0.4, 0.5) is 0 Å². The van der Waals surface area contributed by atoms with Gasteiger partial charge in [-0.25, -0.2) is 0 Å².